The molecule has 1 aromatic heterocycles. The molecule has 0 unspecified atom stereocenters. The van der Waals surface area contributed by atoms with Crippen LogP contribution in [-0.2, 0) is 0 Å². The summed E-state index contributed by atoms with van der Waals surface area (Å²) in [6.45, 7) is 4.49. The summed E-state index contributed by atoms with van der Waals surface area (Å²) < 4.78 is 34.5. The first-order chi connectivity index (χ1) is 15.9. The first-order valence-electron chi connectivity index (χ1n) is 10.4. The molecule has 0 aliphatic heterocycles. The number of hydrogen-bond donors (Lipinski definition) is 1. The predicted molar refractivity (Wildman–Crippen MR) is 121 cm³/mol. The average Bonchev–Trinajstić information content (AvgIpc) is 3.23. The molecule has 33 heavy (non-hydrogen) atoms. The molecule has 1 heterocycles. The zero-order valence-electron chi connectivity index (χ0n) is 18.1. The van der Waals surface area contributed by atoms with Crippen molar-refractivity contribution in [2.24, 2.45) is 5.92 Å². The van der Waals surface area contributed by atoms with Crippen LogP contribution < -0.4 is 10.1 Å². The Kier molecular flexibility index (Phi) is 6.44. The van der Waals surface area contributed by atoms with Crippen molar-refractivity contribution in [2.75, 3.05) is 11.9 Å². The third kappa shape index (κ3) is 5.23. The molecular weight excluding hydrogens is 426 g/mol. The number of amides is 1. The first kappa shape index (κ1) is 22.1. The normalized spacial score (nSPS) is 10.9. The number of nitrogens with zero attached hydrogens (tertiary/aromatic N) is 3. The number of carbonyl (C=O) groups excluding carboxylic acids is 1. The van der Waals surface area contributed by atoms with Gasteiger partial charge in [0, 0.05) is 11.3 Å². The van der Waals surface area contributed by atoms with Gasteiger partial charge in [-0.25, -0.2) is 13.5 Å². The van der Waals surface area contributed by atoms with Crippen LogP contribution in [0.5, 0.6) is 6.01 Å². The second kappa shape index (κ2) is 9.60. The number of ether oxygens (including phenoxy) is 1. The Bertz CT molecular complexity index is 1250. The van der Waals surface area contributed by atoms with E-state index in [9.17, 15) is 13.6 Å². The predicted octanol–water partition coefficient (Wildman–Crippen LogP) is 5.50. The van der Waals surface area contributed by atoms with Gasteiger partial charge in [-0.1, -0.05) is 26.0 Å². The summed E-state index contributed by atoms with van der Waals surface area (Å²) in [7, 11) is 0. The minimum Gasteiger partial charge on any atom is -0.462 e. The molecular formula is C25H22F2N4O2. The van der Waals surface area contributed by atoms with Crippen molar-refractivity contribution in [3.63, 3.8) is 0 Å². The van der Waals surface area contributed by atoms with Gasteiger partial charge in [-0.15, -0.1) is 5.10 Å². The molecule has 0 saturated carbocycles. The second-order valence-electron chi connectivity index (χ2n) is 7.82. The molecule has 1 amide bonds. The van der Waals surface area contributed by atoms with Gasteiger partial charge in [0.1, 0.15) is 11.6 Å². The van der Waals surface area contributed by atoms with Crippen LogP contribution >= 0.6 is 0 Å². The van der Waals surface area contributed by atoms with Crippen LogP contribution in [0.1, 0.15) is 24.2 Å². The lowest BCUT2D eigenvalue weighted by atomic mass is 10.2. The molecule has 4 aromatic rings. The molecule has 1 N–H and O–H groups in total. The Morgan fingerprint density at radius 1 is 1.00 bits per heavy atom. The molecule has 0 fully saturated rings. The highest BCUT2D eigenvalue weighted by atomic mass is 19.1. The molecule has 0 radical (unpaired) electrons. The fraction of sp³-hybridized carbons (Fsp3) is 0.160. The molecule has 0 aliphatic carbocycles. The summed E-state index contributed by atoms with van der Waals surface area (Å²) in [5.41, 5.74) is 1.78. The molecule has 168 valence electrons. The van der Waals surface area contributed by atoms with Crippen molar-refractivity contribution < 1.29 is 18.3 Å². The lowest BCUT2D eigenvalue weighted by Crippen LogP contribution is -2.13. The number of anilines is 1. The van der Waals surface area contributed by atoms with Gasteiger partial charge in [-0.2, -0.15) is 4.98 Å². The van der Waals surface area contributed by atoms with Crippen LogP contribution in [0.25, 0.3) is 17.1 Å². The maximum absolute atomic E-state index is 13.9. The number of halogens is 2. The lowest BCUT2D eigenvalue weighted by Gasteiger charge is -2.09. The summed E-state index contributed by atoms with van der Waals surface area (Å²) in [6.07, 6.45) is 0. The molecule has 0 spiro atoms. The standard InChI is InChI=1S/C25H22F2N4O2/c1-16(2)15-33-25-29-23(17-7-9-18(26)10-8-17)31(30-25)20-13-11-19(12-14-20)28-24(32)21-5-3-4-6-22(21)27/h3-14,16H,15H2,1-2H3,(H,28,32). The van der Waals surface area contributed by atoms with E-state index < -0.39 is 11.7 Å². The molecule has 3 aromatic carbocycles. The summed E-state index contributed by atoms with van der Waals surface area (Å²) in [6, 6.07) is 18.8. The van der Waals surface area contributed by atoms with Crippen molar-refractivity contribution in [3.8, 4) is 23.1 Å². The van der Waals surface area contributed by atoms with E-state index >= 15 is 0 Å². The highest BCUT2D eigenvalue weighted by molar-refractivity contribution is 6.04. The van der Waals surface area contributed by atoms with Crippen LogP contribution in [0.2, 0.25) is 0 Å². The van der Waals surface area contributed by atoms with E-state index in [-0.39, 0.29) is 17.4 Å². The van der Waals surface area contributed by atoms with Crippen LogP contribution in [0.3, 0.4) is 0 Å². The topological polar surface area (TPSA) is 69.0 Å². The first-order valence-corrected chi connectivity index (χ1v) is 10.4. The van der Waals surface area contributed by atoms with Crippen molar-refractivity contribution in [1.29, 1.82) is 0 Å². The van der Waals surface area contributed by atoms with E-state index in [1.54, 1.807) is 47.1 Å². The molecule has 0 saturated heterocycles. The van der Waals surface area contributed by atoms with Crippen LogP contribution in [0.15, 0.2) is 72.8 Å². The van der Waals surface area contributed by atoms with Crippen LogP contribution in [0.4, 0.5) is 14.5 Å². The summed E-state index contributed by atoms with van der Waals surface area (Å²) in [5.74, 6) is -0.707. The number of nitrogens with one attached hydrogen (secondary N) is 1. The van der Waals surface area contributed by atoms with Crippen LogP contribution in [0, 0.1) is 17.6 Å². The van der Waals surface area contributed by atoms with Gasteiger partial charge in [0.05, 0.1) is 17.9 Å². The summed E-state index contributed by atoms with van der Waals surface area (Å²) in [4.78, 5) is 16.8. The molecule has 0 atom stereocenters. The average molecular weight is 448 g/mol. The van der Waals surface area contributed by atoms with E-state index in [2.05, 4.69) is 15.4 Å². The second-order valence-corrected chi connectivity index (χ2v) is 7.82. The number of rotatable bonds is 7. The third-order valence-corrected chi connectivity index (χ3v) is 4.72. The highest BCUT2D eigenvalue weighted by Crippen LogP contribution is 2.25. The number of hydrogen-bond acceptors (Lipinski definition) is 4. The smallest absolute Gasteiger partial charge is 0.336 e. The highest BCUT2D eigenvalue weighted by Gasteiger charge is 2.16. The summed E-state index contributed by atoms with van der Waals surface area (Å²) in [5, 5.41) is 7.13. The maximum Gasteiger partial charge on any atom is 0.336 e. The monoisotopic (exact) mass is 448 g/mol. The maximum atomic E-state index is 13.9. The van der Waals surface area contributed by atoms with E-state index in [0.29, 0.717) is 35.3 Å². The van der Waals surface area contributed by atoms with Gasteiger partial charge in [-0.05, 0) is 66.6 Å². The van der Waals surface area contributed by atoms with Gasteiger partial charge in [0.2, 0.25) is 0 Å². The molecule has 0 bridgehead atoms. The minimum atomic E-state index is -0.591. The Morgan fingerprint density at radius 3 is 2.36 bits per heavy atom. The van der Waals surface area contributed by atoms with Gasteiger partial charge in [-0.3, -0.25) is 4.79 Å². The Morgan fingerprint density at radius 2 is 1.70 bits per heavy atom. The zero-order chi connectivity index (χ0) is 23.4. The quantitative estimate of drug-likeness (QED) is 0.405. The number of aromatic nitrogens is 3. The van der Waals surface area contributed by atoms with Gasteiger partial charge >= 0.3 is 6.01 Å². The number of carbonyl (C=O) groups is 1. The van der Waals surface area contributed by atoms with Crippen molar-refractivity contribution in [2.45, 2.75) is 13.8 Å². The largest absolute Gasteiger partial charge is 0.462 e. The Hall–Kier alpha value is -4.07. The van der Waals surface area contributed by atoms with E-state index in [4.69, 9.17) is 4.74 Å². The SMILES string of the molecule is CC(C)COc1nc(-c2ccc(F)cc2)n(-c2ccc(NC(=O)c3ccccc3F)cc2)n1. The van der Waals surface area contributed by atoms with Gasteiger partial charge in [0.25, 0.3) is 5.91 Å². The van der Waals surface area contributed by atoms with Crippen molar-refractivity contribution >= 4 is 11.6 Å². The number of benzene rings is 3. The Labute approximate surface area is 189 Å². The van der Waals surface area contributed by atoms with Crippen molar-refractivity contribution in [3.05, 3.63) is 90.0 Å². The van der Waals surface area contributed by atoms with Gasteiger partial charge < -0.3 is 10.1 Å². The molecule has 0 aliphatic rings. The van der Waals surface area contributed by atoms with Gasteiger partial charge in [0.15, 0.2) is 5.82 Å². The van der Waals surface area contributed by atoms with Crippen LogP contribution in [-0.4, -0.2) is 27.3 Å². The fourth-order valence-electron chi connectivity index (χ4n) is 3.09. The Balaban J connectivity index is 1.61. The zero-order valence-corrected chi connectivity index (χ0v) is 18.1. The molecule has 4 rings (SSSR count). The minimum absolute atomic E-state index is 0.0385. The van der Waals surface area contributed by atoms with E-state index in [0.717, 1.165) is 0 Å². The third-order valence-electron chi connectivity index (χ3n) is 4.72. The molecule has 6 nitrogen and oxygen atoms in total. The molecule has 8 heteroatoms. The van der Waals surface area contributed by atoms with Crippen molar-refractivity contribution in [1.82, 2.24) is 14.8 Å². The van der Waals surface area contributed by atoms with E-state index in [1.165, 1.54) is 30.3 Å². The van der Waals surface area contributed by atoms with E-state index in [1.807, 2.05) is 13.8 Å². The fourth-order valence-corrected chi connectivity index (χ4v) is 3.09. The lowest BCUT2D eigenvalue weighted by molar-refractivity contribution is 0.102. The summed E-state index contributed by atoms with van der Waals surface area (Å²) >= 11 is 0.